The first kappa shape index (κ1) is 9.32. The SMILES string of the molecule is COc1ccc(-n2cnnn2)cc1[C]=O. The molecule has 1 radical (unpaired) electrons. The minimum Gasteiger partial charge on any atom is -0.496 e. The summed E-state index contributed by atoms with van der Waals surface area (Å²) in [5.74, 6) is 0.474. The van der Waals surface area contributed by atoms with E-state index in [9.17, 15) is 4.79 Å². The van der Waals surface area contributed by atoms with E-state index in [1.54, 1.807) is 24.5 Å². The molecule has 0 amide bonds. The van der Waals surface area contributed by atoms with Gasteiger partial charge < -0.3 is 4.74 Å². The number of carbonyl (C=O) groups excluding carboxylic acids is 1. The minimum atomic E-state index is 0.338. The number of ether oxygens (including phenoxy) is 1. The molecular formula is C9H7N4O2. The molecule has 6 nitrogen and oxygen atoms in total. The van der Waals surface area contributed by atoms with E-state index < -0.39 is 0 Å². The van der Waals surface area contributed by atoms with Gasteiger partial charge >= 0.3 is 0 Å². The molecule has 0 aliphatic carbocycles. The fourth-order valence-corrected chi connectivity index (χ4v) is 1.20. The van der Waals surface area contributed by atoms with Crippen LogP contribution in [0.1, 0.15) is 5.56 Å². The van der Waals surface area contributed by atoms with Crippen molar-refractivity contribution in [3.8, 4) is 11.4 Å². The van der Waals surface area contributed by atoms with Crippen LogP contribution in [0, 0.1) is 0 Å². The van der Waals surface area contributed by atoms with Gasteiger partial charge in [-0.3, -0.25) is 4.79 Å². The smallest absolute Gasteiger partial charge is 0.237 e. The van der Waals surface area contributed by atoms with Gasteiger partial charge in [0.25, 0.3) is 0 Å². The first-order valence-corrected chi connectivity index (χ1v) is 4.14. The van der Waals surface area contributed by atoms with Crippen LogP contribution in [-0.4, -0.2) is 33.6 Å². The molecule has 0 fully saturated rings. The van der Waals surface area contributed by atoms with Crippen LogP contribution in [0.2, 0.25) is 0 Å². The largest absolute Gasteiger partial charge is 0.496 e. The lowest BCUT2D eigenvalue weighted by molar-refractivity contribution is 0.413. The lowest BCUT2D eigenvalue weighted by Crippen LogP contribution is -1.98. The number of nitrogens with zero attached hydrogens (tertiary/aromatic N) is 4. The van der Waals surface area contributed by atoms with Crippen molar-refractivity contribution in [3.05, 3.63) is 30.1 Å². The van der Waals surface area contributed by atoms with Crippen molar-refractivity contribution in [1.29, 1.82) is 0 Å². The Labute approximate surface area is 85.5 Å². The van der Waals surface area contributed by atoms with Crippen LogP contribution in [0.4, 0.5) is 0 Å². The molecule has 0 saturated heterocycles. The molecule has 0 unspecified atom stereocenters. The van der Waals surface area contributed by atoms with Gasteiger partial charge in [-0.2, -0.15) is 0 Å². The molecule has 0 saturated carbocycles. The van der Waals surface area contributed by atoms with Crippen molar-refractivity contribution in [1.82, 2.24) is 20.2 Å². The van der Waals surface area contributed by atoms with E-state index in [0.29, 0.717) is 17.0 Å². The Morgan fingerprint density at radius 3 is 2.93 bits per heavy atom. The van der Waals surface area contributed by atoms with E-state index in [1.807, 2.05) is 0 Å². The standard InChI is InChI=1S/C9H7N4O2/c1-15-9-3-2-8(4-7(9)5-14)13-6-10-11-12-13/h2-4,6H,1H3. The Morgan fingerprint density at radius 2 is 2.33 bits per heavy atom. The Bertz CT molecular complexity index is 467. The highest BCUT2D eigenvalue weighted by molar-refractivity contribution is 5.80. The van der Waals surface area contributed by atoms with E-state index in [0.717, 1.165) is 0 Å². The summed E-state index contributed by atoms with van der Waals surface area (Å²) in [6.07, 6.45) is 3.23. The topological polar surface area (TPSA) is 69.9 Å². The number of benzene rings is 1. The van der Waals surface area contributed by atoms with Crippen molar-refractivity contribution in [2.75, 3.05) is 7.11 Å². The van der Waals surface area contributed by atoms with E-state index in [1.165, 1.54) is 18.1 Å². The van der Waals surface area contributed by atoms with Crippen molar-refractivity contribution in [3.63, 3.8) is 0 Å². The van der Waals surface area contributed by atoms with Crippen molar-refractivity contribution < 1.29 is 9.53 Å². The molecule has 1 heterocycles. The molecule has 0 atom stereocenters. The number of rotatable bonds is 3. The van der Waals surface area contributed by atoms with E-state index >= 15 is 0 Å². The number of methoxy groups -OCH3 is 1. The van der Waals surface area contributed by atoms with Crippen LogP contribution < -0.4 is 4.74 Å². The van der Waals surface area contributed by atoms with Crippen LogP contribution in [0.5, 0.6) is 5.75 Å². The van der Waals surface area contributed by atoms with Gasteiger partial charge in [0, 0.05) is 0 Å². The summed E-state index contributed by atoms with van der Waals surface area (Å²) in [5, 5.41) is 10.7. The molecule has 1 aromatic carbocycles. The van der Waals surface area contributed by atoms with Crippen LogP contribution in [-0.2, 0) is 4.79 Å². The summed E-state index contributed by atoms with van der Waals surface area (Å²) >= 11 is 0. The Morgan fingerprint density at radius 1 is 1.47 bits per heavy atom. The fourth-order valence-electron chi connectivity index (χ4n) is 1.20. The molecule has 0 bridgehead atoms. The fraction of sp³-hybridized carbons (Fsp3) is 0.111. The molecule has 0 aliphatic heterocycles. The summed E-state index contributed by atoms with van der Waals surface area (Å²) < 4.78 is 6.43. The van der Waals surface area contributed by atoms with E-state index in [2.05, 4.69) is 15.5 Å². The quantitative estimate of drug-likeness (QED) is 0.709. The minimum absolute atomic E-state index is 0.338. The van der Waals surface area contributed by atoms with Crippen LogP contribution >= 0.6 is 0 Å². The van der Waals surface area contributed by atoms with Crippen LogP contribution in [0.25, 0.3) is 5.69 Å². The molecule has 0 spiro atoms. The highest BCUT2D eigenvalue weighted by Gasteiger charge is 2.05. The van der Waals surface area contributed by atoms with Gasteiger partial charge in [-0.1, -0.05) is 0 Å². The molecule has 2 rings (SSSR count). The highest BCUT2D eigenvalue weighted by Crippen LogP contribution is 2.19. The summed E-state index contributed by atoms with van der Waals surface area (Å²) in [5.41, 5.74) is 1.02. The zero-order valence-electron chi connectivity index (χ0n) is 7.91. The highest BCUT2D eigenvalue weighted by atomic mass is 16.5. The first-order chi connectivity index (χ1) is 7.35. The van der Waals surface area contributed by atoms with Gasteiger partial charge in [-0.15, -0.1) is 5.10 Å². The zero-order valence-corrected chi connectivity index (χ0v) is 7.91. The van der Waals surface area contributed by atoms with E-state index in [-0.39, 0.29) is 0 Å². The van der Waals surface area contributed by atoms with Gasteiger partial charge in [-0.05, 0) is 28.6 Å². The Balaban J connectivity index is 2.48. The predicted molar refractivity (Wildman–Crippen MR) is 50.5 cm³/mol. The Hall–Kier alpha value is -2.24. The van der Waals surface area contributed by atoms with Gasteiger partial charge in [-0.25, -0.2) is 4.68 Å². The number of hydrogen-bond donors (Lipinski definition) is 0. The maximum Gasteiger partial charge on any atom is 0.237 e. The van der Waals surface area contributed by atoms with E-state index in [4.69, 9.17) is 4.74 Å². The second-order valence-corrected chi connectivity index (χ2v) is 2.74. The maximum absolute atomic E-state index is 10.6. The molecule has 0 N–H and O–H groups in total. The van der Waals surface area contributed by atoms with Crippen molar-refractivity contribution in [2.45, 2.75) is 0 Å². The van der Waals surface area contributed by atoms with Gasteiger partial charge in [0.1, 0.15) is 12.1 Å². The summed E-state index contributed by atoms with van der Waals surface area (Å²) in [6, 6.07) is 5.01. The van der Waals surface area contributed by atoms with Gasteiger partial charge in [0.05, 0.1) is 18.4 Å². The summed E-state index contributed by atoms with van der Waals surface area (Å²) in [4.78, 5) is 10.6. The lowest BCUT2D eigenvalue weighted by Gasteiger charge is -2.04. The monoisotopic (exact) mass is 203 g/mol. The average molecular weight is 203 g/mol. The van der Waals surface area contributed by atoms with Crippen molar-refractivity contribution >= 4 is 6.29 Å². The van der Waals surface area contributed by atoms with Crippen LogP contribution in [0.15, 0.2) is 24.5 Å². The first-order valence-electron chi connectivity index (χ1n) is 4.14. The zero-order chi connectivity index (χ0) is 10.7. The summed E-state index contributed by atoms with van der Waals surface area (Å²) in [7, 11) is 1.49. The number of hydrogen-bond acceptors (Lipinski definition) is 5. The second kappa shape index (κ2) is 3.87. The normalized spacial score (nSPS) is 9.93. The number of tetrazole rings is 1. The molecule has 1 aromatic heterocycles. The molecule has 6 heteroatoms. The molecule has 15 heavy (non-hydrogen) atoms. The molecule has 0 aliphatic rings. The predicted octanol–water partition coefficient (Wildman–Crippen LogP) is 0.129. The van der Waals surface area contributed by atoms with Crippen LogP contribution in [0.3, 0.4) is 0 Å². The maximum atomic E-state index is 10.6. The lowest BCUT2D eigenvalue weighted by atomic mass is 10.2. The van der Waals surface area contributed by atoms with Gasteiger partial charge in [0.15, 0.2) is 0 Å². The number of aromatic nitrogens is 4. The third-order valence-electron chi connectivity index (χ3n) is 1.91. The molecule has 2 aromatic rings. The third kappa shape index (κ3) is 1.69. The molecule has 75 valence electrons. The third-order valence-corrected chi connectivity index (χ3v) is 1.91. The van der Waals surface area contributed by atoms with Crippen molar-refractivity contribution in [2.24, 2.45) is 0 Å². The summed E-state index contributed by atoms with van der Waals surface area (Å²) in [6.45, 7) is 0. The Kier molecular flexibility index (Phi) is 2.40. The molecular weight excluding hydrogens is 196 g/mol. The average Bonchev–Trinajstić information content (AvgIpc) is 2.81. The second-order valence-electron chi connectivity index (χ2n) is 2.74. The van der Waals surface area contributed by atoms with Gasteiger partial charge in [0.2, 0.25) is 6.29 Å².